The fraction of sp³-hybridized carbons (Fsp3) is 0.150. The summed E-state index contributed by atoms with van der Waals surface area (Å²) in [6.45, 7) is 2.30. The van der Waals surface area contributed by atoms with Crippen molar-refractivity contribution in [3.63, 3.8) is 0 Å². The molecule has 0 saturated heterocycles. The molecule has 0 N–H and O–H groups in total. The Hall–Kier alpha value is -3.39. The topological polar surface area (TPSA) is 68.0 Å². The first-order valence-electron chi connectivity index (χ1n) is 7.89. The molecule has 0 spiro atoms. The number of hydrogen-bond acceptors (Lipinski definition) is 5. The lowest BCUT2D eigenvalue weighted by Crippen LogP contribution is -2.01. The van der Waals surface area contributed by atoms with Crippen LogP contribution >= 0.6 is 0 Å². The minimum absolute atomic E-state index is 0.331. The number of hydrogen-bond donors (Lipinski definition) is 0. The molecule has 2 aromatic heterocycles. The van der Waals surface area contributed by atoms with E-state index in [1.54, 1.807) is 19.5 Å². The first-order chi connectivity index (χ1) is 12.3. The molecule has 5 heteroatoms. The van der Waals surface area contributed by atoms with E-state index in [0.717, 1.165) is 28.1 Å². The average Bonchev–Trinajstić information content (AvgIpc) is 2.68. The highest BCUT2D eigenvalue weighted by Crippen LogP contribution is 2.33. The van der Waals surface area contributed by atoms with Gasteiger partial charge in [-0.2, -0.15) is 5.26 Å². The molecular formula is C20H17N3O2. The molecule has 25 heavy (non-hydrogen) atoms. The molecule has 0 radical (unpaired) electrons. The van der Waals surface area contributed by atoms with Crippen molar-refractivity contribution in [2.45, 2.75) is 6.92 Å². The molecule has 0 amide bonds. The van der Waals surface area contributed by atoms with Gasteiger partial charge in [0.25, 0.3) is 0 Å². The van der Waals surface area contributed by atoms with Gasteiger partial charge in [-0.3, -0.25) is 4.98 Å². The fourth-order valence-corrected chi connectivity index (χ4v) is 2.53. The summed E-state index contributed by atoms with van der Waals surface area (Å²) < 4.78 is 10.8. The number of benzene rings is 1. The van der Waals surface area contributed by atoms with Crippen molar-refractivity contribution < 1.29 is 9.47 Å². The van der Waals surface area contributed by atoms with E-state index < -0.39 is 0 Å². The lowest BCUT2D eigenvalue weighted by atomic mass is 10.00. The van der Waals surface area contributed by atoms with Crippen molar-refractivity contribution in [3.05, 3.63) is 60.4 Å². The molecule has 5 nitrogen and oxygen atoms in total. The standard InChI is InChI=1S/C20H17N3O2/c1-3-25-20-18(12-21)17(15-5-4-10-22-13-15)11-19(23-20)14-6-8-16(24-2)9-7-14/h4-11,13H,3H2,1-2H3. The van der Waals surface area contributed by atoms with Gasteiger partial charge < -0.3 is 9.47 Å². The highest BCUT2D eigenvalue weighted by atomic mass is 16.5. The number of aromatic nitrogens is 2. The van der Waals surface area contributed by atoms with Crippen LogP contribution in [0.4, 0.5) is 0 Å². The molecule has 0 bridgehead atoms. The van der Waals surface area contributed by atoms with Gasteiger partial charge in [0.05, 0.1) is 19.4 Å². The van der Waals surface area contributed by atoms with E-state index in [1.807, 2.05) is 49.4 Å². The highest BCUT2D eigenvalue weighted by Gasteiger charge is 2.16. The molecule has 124 valence electrons. The zero-order chi connectivity index (χ0) is 17.6. The van der Waals surface area contributed by atoms with E-state index in [9.17, 15) is 5.26 Å². The molecule has 0 fully saturated rings. The Kier molecular flexibility index (Phi) is 4.91. The lowest BCUT2D eigenvalue weighted by molar-refractivity contribution is 0.326. The van der Waals surface area contributed by atoms with Crippen LogP contribution in [0.15, 0.2) is 54.9 Å². The van der Waals surface area contributed by atoms with E-state index in [1.165, 1.54) is 0 Å². The third-order valence-corrected chi connectivity index (χ3v) is 3.74. The number of nitriles is 1. The van der Waals surface area contributed by atoms with Crippen LogP contribution < -0.4 is 9.47 Å². The van der Waals surface area contributed by atoms with Crippen LogP contribution in [0.25, 0.3) is 22.4 Å². The zero-order valence-corrected chi connectivity index (χ0v) is 14.1. The Labute approximate surface area is 146 Å². The second kappa shape index (κ2) is 7.45. The number of nitrogens with zero attached hydrogens (tertiary/aromatic N) is 3. The van der Waals surface area contributed by atoms with Gasteiger partial charge in [0.1, 0.15) is 17.4 Å². The molecule has 2 heterocycles. The van der Waals surface area contributed by atoms with Gasteiger partial charge in [-0.05, 0) is 43.3 Å². The summed E-state index contributed by atoms with van der Waals surface area (Å²) in [7, 11) is 1.63. The molecule has 0 aliphatic carbocycles. The van der Waals surface area contributed by atoms with Crippen LogP contribution in [-0.4, -0.2) is 23.7 Å². The van der Waals surface area contributed by atoms with Crippen LogP contribution in [0.5, 0.6) is 11.6 Å². The maximum absolute atomic E-state index is 9.61. The third-order valence-electron chi connectivity index (χ3n) is 3.74. The monoisotopic (exact) mass is 331 g/mol. The Balaban J connectivity index is 2.19. The van der Waals surface area contributed by atoms with Crippen LogP contribution in [0.2, 0.25) is 0 Å². The Morgan fingerprint density at radius 3 is 2.52 bits per heavy atom. The summed E-state index contributed by atoms with van der Waals surface area (Å²) in [6, 6.07) is 15.5. The molecule has 3 aromatic rings. The van der Waals surface area contributed by atoms with Crippen molar-refractivity contribution in [3.8, 4) is 40.1 Å². The molecule has 3 rings (SSSR count). The van der Waals surface area contributed by atoms with Gasteiger partial charge >= 0.3 is 0 Å². The Morgan fingerprint density at radius 1 is 1.12 bits per heavy atom. The minimum atomic E-state index is 0.331. The van der Waals surface area contributed by atoms with Gasteiger partial charge in [0.2, 0.25) is 5.88 Å². The summed E-state index contributed by atoms with van der Waals surface area (Å²) in [6.07, 6.45) is 3.42. The second-order valence-electron chi connectivity index (χ2n) is 5.25. The molecule has 0 aliphatic heterocycles. The number of rotatable bonds is 5. The van der Waals surface area contributed by atoms with Crippen molar-refractivity contribution in [2.24, 2.45) is 0 Å². The summed E-state index contributed by atoms with van der Waals surface area (Å²) >= 11 is 0. The lowest BCUT2D eigenvalue weighted by Gasteiger charge is -2.12. The van der Waals surface area contributed by atoms with Crippen LogP contribution in [0, 0.1) is 11.3 Å². The van der Waals surface area contributed by atoms with Gasteiger partial charge in [-0.15, -0.1) is 0 Å². The molecule has 0 aliphatic rings. The smallest absolute Gasteiger partial charge is 0.232 e. The predicted octanol–water partition coefficient (Wildman–Crippen LogP) is 4.09. The number of methoxy groups -OCH3 is 1. The van der Waals surface area contributed by atoms with Crippen molar-refractivity contribution in [1.29, 1.82) is 5.26 Å². The summed E-state index contributed by atoms with van der Waals surface area (Å²) in [5, 5.41) is 9.61. The molecule has 0 unspecified atom stereocenters. The first kappa shape index (κ1) is 16.5. The van der Waals surface area contributed by atoms with E-state index in [0.29, 0.717) is 18.1 Å². The summed E-state index contributed by atoms with van der Waals surface area (Å²) in [4.78, 5) is 8.69. The summed E-state index contributed by atoms with van der Waals surface area (Å²) in [5.41, 5.74) is 3.64. The Morgan fingerprint density at radius 2 is 1.92 bits per heavy atom. The molecule has 0 atom stereocenters. The van der Waals surface area contributed by atoms with Gasteiger partial charge in [0.15, 0.2) is 0 Å². The maximum Gasteiger partial charge on any atom is 0.232 e. The van der Waals surface area contributed by atoms with Gasteiger partial charge in [-0.25, -0.2) is 4.98 Å². The third kappa shape index (κ3) is 3.43. The SMILES string of the molecule is CCOc1nc(-c2ccc(OC)cc2)cc(-c2cccnc2)c1C#N. The van der Waals surface area contributed by atoms with E-state index in [-0.39, 0.29) is 0 Å². The average molecular weight is 331 g/mol. The maximum atomic E-state index is 9.61. The van der Waals surface area contributed by atoms with Crippen LogP contribution in [-0.2, 0) is 0 Å². The zero-order valence-electron chi connectivity index (χ0n) is 14.1. The summed E-state index contributed by atoms with van der Waals surface area (Å²) in [5.74, 6) is 1.10. The fourth-order valence-electron chi connectivity index (χ4n) is 2.53. The van der Waals surface area contributed by atoms with Crippen LogP contribution in [0.1, 0.15) is 12.5 Å². The quantitative estimate of drug-likeness (QED) is 0.704. The first-order valence-corrected chi connectivity index (χ1v) is 7.89. The normalized spacial score (nSPS) is 10.1. The second-order valence-corrected chi connectivity index (χ2v) is 5.25. The molecular weight excluding hydrogens is 314 g/mol. The number of pyridine rings is 2. The van der Waals surface area contributed by atoms with Crippen molar-refractivity contribution in [2.75, 3.05) is 13.7 Å². The van der Waals surface area contributed by atoms with E-state index >= 15 is 0 Å². The van der Waals surface area contributed by atoms with Gasteiger partial charge in [-0.1, -0.05) is 6.07 Å². The minimum Gasteiger partial charge on any atom is -0.497 e. The molecule has 0 saturated carbocycles. The van der Waals surface area contributed by atoms with E-state index in [2.05, 4.69) is 16.0 Å². The van der Waals surface area contributed by atoms with Crippen LogP contribution in [0.3, 0.4) is 0 Å². The molecule has 1 aromatic carbocycles. The van der Waals surface area contributed by atoms with Gasteiger partial charge in [0, 0.05) is 29.1 Å². The van der Waals surface area contributed by atoms with Crippen molar-refractivity contribution in [1.82, 2.24) is 9.97 Å². The largest absolute Gasteiger partial charge is 0.497 e. The predicted molar refractivity (Wildman–Crippen MR) is 95.3 cm³/mol. The van der Waals surface area contributed by atoms with E-state index in [4.69, 9.17) is 9.47 Å². The Bertz CT molecular complexity index is 901. The highest BCUT2D eigenvalue weighted by molar-refractivity contribution is 5.77. The number of ether oxygens (including phenoxy) is 2. The van der Waals surface area contributed by atoms with Crippen molar-refractivity contribution >= 4 is 0 Å².